The fraction of sp³-hybridized carbons (Fsp3) is 0.235. The van der Waals surface area contributed by atoms with Gasteiger partial charge < -0.3 is 10.4 Å². The normalized spacial score (nSPS) is 16.9. The number of aromatic carboxylic acids is 1. The molecule has 0 aromatic heterocycles. The maximum absolute atomic E-state index is 11.2. The molecule has 1 aliphatic rings. The molecular formula is C17H17NO2. The minimum atomic E-state index is -0.866. The SMILES string of the molecule is O=C(O)c1ccccc1CNC1CCc2ccccc21. The van der Waals surface area contributed by atoms with Crippen LogP contribution in [-0.4, -0.2) is 11.1 Å². The van der Waals surface area contributed by atoms with Gasteiger partial charge in [-0.05, 0) is 35.6 Å². The fourth-order valence-corrected chi connectivity index (χ4v) is 2.89. The predicted octanol–water partition coefficient (Wildman–Crippen LogP) is 3.16. The molecule has 2 N–H and O–H groups in total. The molecule has 0 spiro atoms. The van der Waals surface area contributed by atoms with E-state index in [0.29, 0.717) is 18.2 Å². The lowest BCUT2D eigenvalue weighted by atomic mass is 10.1. The van der Waals surface area contributed by atoms with E-state index in [1.807, 2.05) is 12.1 Å². The van der Waals surface area contributed by atoms with Gasteiger partial charge in [0.25, 0.3) is 0 Å². The Hall–Kier alpha value is -2.13. The lowest BCUT2D eigenvalue weighted by Gasteiger charge is -2.15. The molecule has 3 nitrogen and oxygen atoms in total. The molecule has 3 rings (SSSR count). The largest absolute Gasteiger partial charge is 0.478 e. The van der Waals surface area contributed by atoms with Crippen LogP contribution < -0.4 is 5.32 Å². The number of rotatable bonds is 4. The van der Waals surface area contributed by atoms with Crippen LogP contribution in [0.1, 0.15) is 39.5 Å². The van der Waals surface area contributed by atoms with Gasteiger partial charge in [-0.2, -0.15) is 0 Å². The second kappa shape index (κ2) is 5.47. The van der Waals surface area contributed by atoms with Crippen LogP contribution in [-0.2, 0) is 13.0 Å². The average Bonchev–Trinajstić information content (AvgIpc) is 2.88. The van der Waals surface area contributed by atoms with Crippen LogP contribution in [0.2, 0.25) is 0 Å². The summed E-state index contributed by atoms with van der Waals surface area (Å²) < 4.78 is 0. The summed E-state index contributed by atoms with van der Waals surface area (Å²) in [6.07, 6.45) is 2.17. The van der Waals surface area contributed by atoms with Crippen molar-refractivity contribution in [3.8, 4) is 0 Å². The monoisotopic (exact) mass is 267 g/mol. The van der Waals surface area contributed by atoms with Crippen molar-refractivity contribution in [3.05, 3.63) is 70.8 Å². The van der Waals surface area contributed by atoms with Gasteiger partial charge in [-0.1, -0.05) is 42.5 Å². The Balaban J connectivity index is 1.74. The van der Waals surface area contributed by atoms with Gasteiger partial charge >= 0.3 is 5.97 Å². The number of fused-ring (bicyclic) bond motifs is 1. The summed E-state index contributed by atoms with van der Waals surface area (Å²) in [5.74, 6) is -0.866. The van der Waals surface area contributed by atoms with Crippen molar-refractivity contribution in [1.29, 1.82) is 0 Å². The molecule has 3 heteroatoms. The topological polar surface area (TPSA) is 49.3 Å². The molecule has 0 saturated carbocycles. The Bertz CT molecular complexity index is 636. The van der Waals surface area contributed by atoms with E-state index >= 15 is 0 Å². The third kappa shape index (κ3) is 2.45. The second-order valence-corrected chi connectivity index (χ2v) is 5.13. The molecule has 2 aromatic rings. The highest BCUT2D eigenvalue weighted by atomic mass is 16.4. The number of carboxylic acid groups (broad SMARTS) is 1. The highest BCUT2D eigenvalue weighted by Crippen LogP contribution is 2.30. The summed E-state index contributed by atoms with van der Waals surface area (Å²) >= 11 is 0. The van der Waals surface area contributed by atoms with Crippen LogP contribution in [0.3, 0.4) is 0 Å². The van der Waals surface area contributed by atoms with Crippen molar-refractivity contribution in [2.45, 2.75) is 25.4 Å². The summed E-state index contributed by atoms with van der Waals surface area (Å²) in [6.45, 7) is 0.585. The molecule has 1 atom stereocenters. The average molecular weight is 267 g/mol. The number of benzene rings is 2. The van der Waals surface area contributed by atoms with Crippen molar-refractivity contribution < 1.29 is 9.90 Å². The maximum Gasteiger partial charge on any atom is 0.336 e. The van der Waals surface area contributed by atoms with Crippen LogP contribution in [0.15, 0.2) is 48.5 Å². The molecule has 1 aliphatic carbocycles. The molecule has 0 heterocycles. The molecule has 20 heavy (non-hydrogen) atoms. The molecule has 0 amide bonds. The van der Waals surface area contributed by atoms with E-state index in [4.69, 9.17) is 0 Å². The summed E-state index contributed by atoms with van der Waals surface area (Å²) in [6, 6.07) is 16.0. The zero-order valence-electron chi connectivity index (χ0n) is 11.2. The zero-order chi connectivity index (χ0) is 13.9. The standard InChI is InChI=1S/C17H17NO2/c19-17(20)15-8-4-2-6-13(15)11-18-16-10-9-12-5-1-3-7-14(12)16/h1-8,16,18H,9-11H2,(H,19,20). The first-order valence-electron chi connectivity index (χ1n) is 6.88. The molecule has 0 fully saturated rings. The van der Waals surface area contributed by atoms with Crippen molar-refractivity contribution >= 4 is 5.97 Å². The van der Waals surface area contributed by atoms with E-state index in [9.17, 15) is 9.90 Å². The molecule has 102 valence electrons. The minimum Gasteiger partial charge on any atom is -0.478 e. The molecule has 2 aromatic carbocycles. The van der Waals surface area contributed by atoms with Crippen molar-refractivity contribution in [3.63, 3.8) is 0 Å². The first kappa shape index (κ1) is 12.9. The molecule has 0 bridgehead atoms. The lowest BCUT2D eigenvalue weighted by Crippen LogP contribution is -2.20. The number of carbonyl (C=O) groups is 1. The van der Waals surface area contributed by atoms with E-state index in [-0.39, 0.29) is 0 Å². The van der Waals surface area contributed by atoms with Crippen molar-refractivity contribution in [2.75, 3.05) is 0 Å². The molecule has 1 unspecified atom stereocenters. The van der Waals surface area contributed by atoms with Gasteiger partial charge in [-0.25, -0.2) is 4.79 Å². The van der Waals surface area contributed by atoms with Crippen LogP contribution in [0.25, 0.3) is 0 Å². The van der Waals surface area contributed by atoms with Crippen LogP contribution >= 0.6 is 0 Å². The van der Waals surface area contributed by atoms with Gasteiger partial charge in [0.1, 0.15) is 0 Å². The summed E-state index contributed by atoms with van der Waals surface area (Å²) in [5, 5.41) is 12.7. The predicted molar refractivity (Wildman–Crippen MR) is 77.7 cm³/mol. The Morgan fingerprint density at radius 2 is 1.90 bits per heavy atom. The van der Waals surface area contributed by atoms with E-state index in [1.165, 1.54) is 11.1 Å². The number of aryl methyl sites for hydroxylation is 1. The Morgan fingerprint density at radius 1 is 1.15 bits per heavy atom. The van der Waals surface area contributed by atoms with E-state index in [2.05, 4.69) is 29.6 Å². The van der Waals surface area contributed by atoms with Gasteiger partial charge in [0.05, 0.1) is 5.56 Å². The van der Waals surface area contributed by atoms with Gasteiger partial charge in [0.2, 0.25) is 0 Å². The third-order valence-corrected chi connectivity index (χ3v) is 3.92. The first-order valence-corrected chi connectivity index (χ1v) is 6.88. The third-order valence-electron chi connectivity index (χ3n) is 3.92. The van der Waals surface area contributed by atoms with Gasteiger partial charge in [-0.3, -0.25) is 0 Å². The fourth-order valence-electron chi connectivity index (χ4n) is 2.89. The summed E-state index contributed by atoms with van der Waals surface area (Å²) in [5.41, 5.74) is 3.97. The molecule has 0 radical (unpaired) electrons. The highest BCUT2D eigenvalue weighted by Gasteiger charge is 2.21. The van der Waals surface area contributed by atoms with Crippen molar-refractivity contribution in [2.24, 2.45) is 0 Å². The Morgan fingerprint density at radius 3 is 2.75 bits per heavy atom. The van der Waals surface area contributed by atoms with Crippen molar-refractivity contribution in [1.82, 2.24) is 5.32 Å². The molecule has 0 saturated heterocycles. The summed E-state index contributed by atoms with van der Waals surface area (Å²) in [4.78, 5) is 11.2. The lowest BCUT2D eigenvalue weighted by molar-refractivity contribution is 0.0695. The van der Waals surface area contributed by atoms with Gasteiger partial charge in [0, 0.05) is 12.6 Å². The van der Waals surface area contributed by atoms with Crippen LogP contribution in [0, 0.1) is 0 Å². The van der Waals surface area contributed by atoms with E-state index < -0.39 is 5.97 Å². The highest BCUT2D eigenvalue weighted by molar-refractivity contribution is 5.89. The minimum absolute atomic E-state index is 0.327. The van der Waals surface area contributed by atoms with E-state index in [1.54, 1.807) is 12.1 Å². The molecular weight excluding hydrogens is 250 g/mol. The van der Waals surface area contributed by atoms with Crippen LogP contribution in [0.4, 0.5) is 0 Å². The second-order valence-electron chi connectivity index (χ2n) is 5.13. The summed E-state index contributed by atoms with van der Waals surface area (Å²) in [7, 11) is 0. The van der Waals surface area contributed by atoms with Gasteiger partial charge in [-0.15, -0.1) is 0 Å². The van der Waals surface area contributed by atoms with Crippen LogP contribution in [0.5, 0.6) is 0 Å². The number of hydrogen-bond acceptors (Lipinski definition) is 2. The maximum atomic E-state index is 11.2. The first-order chi connectivity index (χ1) is 9.75. The number of hydrogen-bond donors (Lipinski definition) is 2. The Labute approximate surface area is 118 Å². The molecule has 0 aliphatic heterocycles. The number of nitrogens with one attached hydrogen (secondary N) is 1. The van der Waals surface area contributed by atoms with Gasteiger partial charge in [0.15, 0.2) is 0 Å². The Kier molecular flexibility index (Phi) is 3.52. The zero-order valence-corrected chi connectivity index (χ0v) is 11.2. The quantitative estimate of drug-likeness (QED) is 0.894. The number of carboxylic acids is 1. The van der Waals surface area contributed by atoms with E-state index in [0.717, 1.165) is 18.4 Å². The smallest absolute Gasteiger partial charge is 0.336 e.